The van der Waals surface area contributed by atoms with Crippen molar-refractivity contribution >= 4 is 97.6 Å². The molecule has 6 aromatic carbocycles. The normalized spacial score (nSPS) is 13.5. The number of fused-ring (bicyclic) bond motifs is 17. The van der Waals surface area contributed by atoms with Crippen molar-refractivity contribution in [2.45, 2.75) is 12.8 Å². The fourth-order valence-electron chi connectivity index (χ4n) is 7.85. The average Bonchev–Trinajstić information content (AvgIpc) is 3.78. The van der Waals surface area contributed by atoms with Crippen molar-refractivity contribution in [3.63, 3.8) is 0 Å². The van der Waals surface area contributed by atoms with Gasteiger partial charge in [-0.1, -0.05) is 97.1 Å². The zero-order chi connectivity index (χ0) is 29.2. The highest BCUT2D eigenvalue weighted by Crippen LogP contribution is 2.49. The molecule has 45 heavy (non-hydrogen) atoms. The zero-order valence-electron chi connectivity index (χ0n) is 24.2. The highest BCUT2D eigenvalue weighted by Gasteiger charge is 2.26. The Morgan fingerprint density at radius 2 is 1.36 bits per heavy atom. The number of hydrogen-bond acceptors (Lipinski definition) is 3. The Balaban J connectivity index is 1.42. The summed E-state index contributed by atoms with van der Waals surface area (Å²) in [6, 6.07) is 39.6. The predicted molar refractivity (Wildman–Crippen MR) is 190 cm³/mol. The van der Waals surface area contributed by atoms with Crippen molar-refractivity contribution in [3.8, 4) is 5.82 Å². The Morgan fingerprint density at radius 3 is 2.27 bits per heavy atom. The third kappa shape index (κ3) is 3.01. The van der Waals surface area contributed by atoms with Crippen LogP contribution in [0.4, 0.5) is 0 Å². The molecular weight excluding hydrogens is 569 g/mol. The second-order valence-corrected chi connectivity index (χ2v) is 13.1. The minimum Gasteiger partial charge on any atom is -0.291 e. The van der Waals surface area contributed by atoms with E-state index in [4.69, 9.17) is 9.97 Å². The van der Waals surface area contributed by atoms with Gasteiger partial charge < -0.3 is 0 Å². The van der Waals surface area contributed by atoms with Crippen molar-refractivity contribution in [2.75, 3.05) is 0 Å². The van der Waals surface area contributed by atoms with E-state index in [2.05, 4.69) is 130 Å². The molecule has 0 fully saturated rings. The van der Waals surface area contributed by atoms with E-state index < -0.39 is 0 Å². The lowest BCUT2D eigenvalue weighted by atomic mass is 9.98. The van der Waals surface area contributed by atoms with Gasteiger partial charge >= 0.3 is 0 Å². The molecule has 1 aliphatic carbocycles. The molecule has 4 nitrogen and oxygen atoms in total. The van der Waals surface area contributed by atoms with Crippen molar-refractivity contribution in [1.82, 2.24) is 18.9 Å². The van der Waals surface area contributed by atoms with Gasteiger partial charge in [-0.15, -0.1) is 11.3 Å². The molecule has 0 bridgehead atoms. The Labute approximate surface area is 261 Å². The van der Waals surface area contributed by atoms with Gasteiger partial charge in [-0.2, -0.15) is 0 Å². The molecule has 0 saturated heterocycles. The molecule has 0 spiro atoms. The molecule has 5 heteroatoms. The van der Waals surface area contributed by atoms with Crippen molar-refractivity contribution < 1.29 is 0 Å². The van der Waals surface area contributed by atoms with Gasteiger partial charge in [-0.05, 0) is 47.9 Å². The van der Waals surface area contributed by atoms with Crippen molar-refractivity contribution in [2.24, 2.45) is 0 Å². The summed E-state index contributed by atoms with van der Waals surface area (Å²) in [5, 5.41) is 10.3. The summed E-state index contributed by atoms with van der Waals surface area (Å²) in [6.45, 7) is 0. The van der Waals surface area contributed by atoms with E-state index in [0.29, 0.717) is 0 Å². The van der Waals surface area contributed by atoms with Crippen molar-refractivity contribution in [3.05, 3.63) is 127 Å². The van der Waals surface area contributed by atoms with Gasteiger partial charge in [0.25, 0.3) is 0 Å². The third-order valence-corrected chi connectivity index (χ3v) is 11.0. The molecule has 0 saturated carbocycles. The molecule has 4 heterocycles. The van der Waals surface area contributed by atoms with Gasteiger partial charge in [-0.3, -0.25) is 8.97 Å². The van der Waals surface area contributed by atoms with E-state index in [1.165, 1.54) is 63.7 Å². The first kappa shape index (κ1) is 23.9. The first-order valence-corrected chi connectivity index (χ1v) is 16.3. The van der Waals surface area contributed by atoms with Crippen LogP contribution >= 0.6 is 11.3 Å². The molecule has 210 valence electrons. The van der Waals surface area contributed by atoms with Crippen LogP contribution in [0.5, 0.6) is 0 Å². The van der Waals surface area contributed by atoms with E-state index in [-0.39, 0.29) is 0 Å². The van der Waals surface area contributed by atoms with Crippen LogP contribution in [-0.2, 0) is 6.42 Å². The summed E-state index contributed by atoms with van der Waals surface area (Å²) in [7, 11) is 0. The molecule has 0 atom stereocenters. The fourth-order valence-corrected chi connectivity index (χ4v) is 9.23. The molecular formula is C40H24N4S. The number of imidazole rings is 1. The van der Waals surface area contributed by atoms with E-state index >= 15 is 0 Å². The average molecular weight is 593 g/mol. The molecule has 0 radical (unpaired) electrons. The van der Waals surface area contributed by atoms with Crippen molar-refractivity contribution in [1.29, 1.82) is 0 Å². The lowest BCUT2D eigenvalue weighted by molar-refractivity contribution is 0.916. The van der Waals surface area contributed by atoms with Crippen LogP contribution in [0.15, 0.2) is 115 Å². The SMILES string of the molecule is C1=Cc2nc3c(-n4c5ccccc5c5c6c7ccc8ccccc8c7sc6c6ccccc6c54)nc4ccccc4n3c2CC1. The topological polar surface area (TPSA) is 35.1 Å². The van der Waals surface area contributed by atoms with Crippen LogP contribution in [0.1, 0.15) is 17.8 Å². The largest absolute Gasteiger partial charge is 0.291 e. The monoisotopic (exact) mass is 592 g/mol. The van der Waals surface area contributed by atoms with Crippen LogP contribution in [0.3, 0.4) is 0 Å². The first-order chi connectivity index (χ1) is 22.3. The second-order valence-electron chi connectivity index (χ2n) is 12.1. The number of allylic oxidation sites excluding steroid dienone is 1. The smallest absolute Gasteiger partial charge is 0.182 e. The Hall–Kier alpha value is -5.52. The molecule has 0 unspecified atom stereocenters. The maximum absolute atomic E-state index is 5.43. The van der Waals surface area contributed by atoms with Gasteiger partial charge in [0.05, 0.1) is 33.5 Å². The number of rotatable bonds is 1. The quantitative estimate of drug-likeness (QED) is 0.190. The van der Waals surface area contributed by atoms with Gasteiger partial charge in [0.1, 0.15) is 0 Å². The van der Waals surface area contributed by atoms with Gasteiger partial charge in [-0.25, -0.2) is 9.97 Å². The van der Waals surface area contributed by atoms with E-state index in [1.807, 2.05) is 11.3 Å². The molecule has 0 aliphatic heterocycles. The maximum Gasteiger partial charge on any atom is 0.182 e. The number of aromatic nitrogens is 4. The van der Waals surface area contributed by atoms with E-state index in [0.717, 1.165) is 46.6 Å². The Bertz CT molecular complexity index is 2940. The molecule has 4 aromatic heterocycles. The molecule has 10 aromatic rings. The number of nitrogens with zero attached hydrogens (tertiary/aromatic N) is 4. The Morgan fingerprint density at radius 1 is 0.600 bits per heavy atom. The van der Waals surface area contributed by atoms with Crippen LogP contribution < -0.4 is 0 Å². The first-order valence-electron chi connectivity index (χ1n) is 15.5. The van der Waals surface area contributed by atoms with Crippen LogP contribution in [0.2, 0.25) is 0 Å². The lowest BCUT2D eigenvalue weighted by Crippen LogP contribution is -2.05. The fraction of sp³-hybridized carbons (Fsp3) is 0.0500. The summed E-state index contributed by atoms with van der Waals surface area (Å²) >= 11 is 1.92. The second kappa shape index (κ2) is 8.56. The standard InChI is InChI=1S/C40H24N4S/c1-2-12-24-23(11-1)21-22-28-35-34-27-15-5-8-18-31(27)44(36(34)25-13-3-4-14-26(25)38(35)45-37(24)28)40-39-41-29-16-6-9-19-32(29)43(39)33-20-10-7-17-30(33)42-40/h1-8,10-18,20-22H,9,19H2. The van der Waals surface area contributed by atoms with Gasteiger partial charge in [0.2, 0.25) is 0 Å². The maximum atomic E-state index is 5.43. The van der Waals surface area contributed by atoms with Gasteiger partial charge in [0, 0.05) is 41.7 Å². The van der Waals surface area contributed by atoms with E-state index in [1.54, 1.807) is 0 Å². The summed E-state index contributed by atoms with van der Waals surface area (Å²) in [5.41, 5.74) is 7.61. The minimum absolute atomic E-state index is 0.872. The number of benzene rings is 6. The third-order valence-electron chi connectivity index (χ3n) is 9.72. The lowest BCUT2D eigenvalue weighted by Gasteiger charge is -2.14. The predicted octanol–water partition coefficient (Wildman–Crippen LogP) is 10.6. The Kier molecular flexibility index (Phi) is 4.54. The molecule has 0 amide bonds. The van der Waals surface area contributed by atoms with Crippen LogP contribution in [0, 0.1) is 0 Å². The molecule has 1 aliphatic rings. The highest BCUT2D eigenvalue weighted by molar-refractivity contribution is 7.27. The summed E-state index contributed by atoms with van der Waals surface area (Å²) in [4.78, 5) is 10.7. The number of para-hydroxylation sites is 3. The van der Waals surface area contributed by atoms with Crippen LogP contribution in [0.25, 0.3) is 92.1 Å². The zero-order valence-corrected chi connectivity index (χ0v) is 25.0. The minimum atomic E-state index is 0.872. The summed E-state index contributed by atoms with van der Waals surface area (Å²) in [5.74, 6) is 0.872. The summed E-state index contributed by atoms with van der Waals surface area (Å²) < 4.78 is 7.45. The summed E-state index contributed by atoms with van der Waals surface area (Å²) in [6.07, 6.45) is 6.40. The number of thiophene rings is 1. The number of hydrogen-bond donors (Lipinski definition) is 0. The number of aryl methyl sites for hydroxylation is 1. The van der Waals surface area contributed by atoms with E-state index in [9.17, 15) is 0 Å². The highest BCUT2D eigenvalue weighted by atomic mass is 32.1. The van der Waals surface area contributed by atoms with Crippen LogP contribution in [-0.4, -0.2) is 18.9 Å². The molecule has 0 N–H and O–H groups in total. The van der Waals surface area contributed by atoms with Gasteiger partial charge in [0.15, 0.2) is 11.5 Å². The molecule has 11 rings (SSSR count).